The van der Waals surface area contributed by atoms with Crippen LogP contribution in [-0.4, -0.2) is 25.7 Å². The van der Waals surface area contributed by atoms with Crippen molar-refractivity contribution in [1.82, 2.24) is 5.32 Å². The zero-order valence-corrected chi connectivity index (χ0v) is 14.4. The third-order valence-corrected chi connectivity index (χ3v) is 4.03. The molecule has 3 rings (SSSR count). The van der Waals surface area contributed by atoms with Gasteiger partial charge in [-0.05, 0) is 37.3 Å². The molecule has 0 fully saturated rings. The molecule has 1 atom stereocenters. The van der Waals surface area contributed by atoms with Gasteiger partial charge in [0.25, 0.3) is 0 Å². The van der Waals surface area contributed by atoms with Gasteiger partial charge >= 0.3 is 0 Å². The van der Waals surface area contributed by atoms with Crippen molar-refractivity contribution in [3.05, 3.63) is 54.1 Å². The molecule has 0 saturated carbocycles. The molecule has 0 radical (unpaired) electrons. The maximum Gasteiger partial charge on any atom is 0.223 e. The van der Waals surface area contributed by atoms with Gasteiger partial charge in [-0.2, -0.15) is 0 Å². The number of nitrogens with one attached hydrogen (secondary N) is 1. The van der Waals surface area contributed by atoms with Gasteiger partial charge in [-0.3, -0.25) is 4.79 Å². The first-order valence-corrected chi connectivity index (χ1v) is 8.63. The van der Waals surface area contributed by atoms with Gasteiger partial charge in [0.15, 0.2) is 0 Å². The first-order valence-electron chi connectivity index (χ1n) is 8.63. The molecule has 0 saturated heterocycles. The molecule has 1 aliphatic rings. The second kappa shape index (κ2) is 8.42. The van der Waals surface area contributed by atoms with E-state index in [4.69, 9.17) is 14.2 Å². The van der Waals surface area contributed by atoms with Crippen LogP contribution in [0.25, 0.3) is 0 Å². The van der Waals surface area contributed by atoms with Gasteiger partial charge in [-0.15, -0.1) is 0 Å². The Kier molecular flexibility index (Phi) is 5.77. The number of amides is 1. The smallest absolute Gasteiger partial charge is 0.223 e. The Balaban J connectivity index is 1.46. The summed E-state index contributed by atoms with van der Waals surface area (Å²) >= 11 is 0. The second-order valence-corrected chi connectivity index (χ2v) is 5.80. The molecule has 2 aromatic rings. The molecular formula is C20H23NO4. The lowest BCUT2D eigenvalue weighted by Gasteiger charge is -2.26. The summed E-state index contributed by atoms with van der Waals surface area (Å²) in [7, 11) is 0. The molecule has 1 unspecified atom stereocenters. The first-order chi connectivity index (χ1) is 12.3. The summed E-state index contributed by atoms with van der Waals surface area (Å²) in [5.74, 6) is 2.37. The van der Waals surface area contributed by atoms with Crippen molar-refractivity contribution in [3.8, 4) is 17.2 Å². The summed E-state index contributed by atoms with van der Waals surface area (Å²) in [5.41, 5.74) is 1.04. The monoisotopic (exact) mass is 341 g/mol. The van der Waals surface area contributed by atoms with Gasteiger partial charge < -0.3 is 19.5 Å². The van der Waals surface area contributed by atoms with Crippen LogP contribution in [0.3, 0.4) is 0 Å². The molecule has 5 heteroatoms. The molecule has 0 bridgehead atoms. The molecule has 1 amide bonds. The van der Waals surface area contributed by atoms with E-state index in [0.29, 0.717) is 26.2 Å². The van der Waals surface area contributed by atoms with Gasteiger partial charge in [0.05, 0.1) is 32.3 Å². The average molecular weight is 341 g/mol. The summed E-state index contributed by atoms with van der Waals surface area (Å²) in [6, 6.07) is 15.2. The zero-order chi connectivity index (χ0) is 17.5. The second-order valence-electron chi connectivity index (χ2n) is 5.80. The molecule has 5 nitrogen and oxygen atoms in total. The lowest BCUT2D eigenvalue weighted by atomic mass is 10.0. The van der Waals surface area contributed by atoms with E-state index in [-0.39, 0.29) is 11.9 Å². The quantitative estimate of drug-likeness (QED) is 0.837. The topological polar surface area (TPSA) is 56.8 Å². The molecular weight excluding hydrogens is 318 g/mol. The SMILES string of the molecule is CCOc1ccc(OCCC(=O)NC2CCOc3ccccc32)cc1. The van der Waals surface area contributed by atoms with Crippen molar-refractivity contribution >= 4 is 5.91 Å². The van der Waals surface area contributed by atoms with E-state index in [1.165, 1.54) is 0 Å². The zero-order valence-electron chi connectivity index (χ0n) is 14.4. The van der Waals surface area contributed by atoms with Crippen LogP contribution >= 0.6 is 0 Å². The number of carbonyl (C=O) groups excluding carboxylic acids is 1. The highest BCUT2D eigenvalue weighted by Gasteiger charge is 2.22. The third-order valence-electron chi connectivity index (χ3n) is 4.03. The van der Waals surface area contributed by atoms with Gasteiger partial charge in [-0.1, -0.05) is 18.2 Å². The summed E-state index contributed by atoms with van der Waals surface area (Å²) in [4.78, 5) is 12.2. The minimum atomic E-state index is -0.0207. The van der Waals surface area contributed by atoms with E-state index in [0.717, 1.165) is 29.2 Å². The molecule has 2 aromatic carbocycles. The van der Waals surface area contributed by atoms with Gasteiger partial charge in [0.1, 0.15) is 17.2 Å². The van der Waals surface area contributed by atoms with Crippen LogP contribution in [0.4, 0.5) is 0 Å². The van der Waals surface area contributed by atoms with Crippen molar-refractivity contribution in [2.75, 3.05) is 19.8 Å². The fourth-order valence-electron chi connectivity index (χ4n) is 2.82. The Labute approximate surface area is 147 Å². The maximum atomic E-state index is 12.2. The van der Waals surface area contributed by atoms with Crippen molar-refractivity contribution in [2.24, 2.45) is 0 Å². The molecule has 1 heterocycles. The fourth-order valence-corrected chi connectivity index (χ4v) is 2.82. The number of fused-ring (bicyclic) bond motifs is 1. The highest BCUT2D eigenvalue weighted by atomic mass is 16.5. The average Bonchev–Trinajstić information content (AvgIpc) is 2.64. The Bertz CT molecular complexity index is 699. The molecule has 1 aliphatic heterocycles. The van der Waals surface area contributed by atoms with E-state index in [2.05, 4.69) is 5.32 Å². The summed E-state index contributed by atoms with van der Waals surface area (Å²) < 4.78 is 16.6. The Morgan fingerprint density at radius 3 is 2.60 bits per heavy atom. The fraction of sp³-hybridized carbons (Fsp3) is 0.350. The van der Waals surface area contributed by atoms with Crippen molar-refractivity contribution < 1.29 is 19.0 Å². The van der Waals surface area contributed by atoms with Crippen LogP contribution in [0.15, 0.2) is 48.5 Å². The van der Waals surface area contributed by atoms with Gasteiger partial charge in [0.2, 0.25) is 5.91 Å². The van der Waals surface area contributed by atoms with E-state index in [1.54, 1.807) is 0 Å². The molecule has 0 aliphatic carbocycles. The van der Waals surface area contributed by atoms with Crippen LogP contribution in [0, 0.1) is 0 Å². The molecule has 0 aromatic heterocycles. The molecule has 25 heavy (non-hydrogen) atoms. The van der Waals surface area contributed by atoms with Crippen LogP contribution in [0.2, 0.25) is 0 Å². The summed E-state index contributed by atoms with van der Waals surface area (Å²) in [6.45, 7) is 3.53. The van der Waals surface area contributed by atoms with E-state index in [9.17, 15) is 4.79 Å². The van der Waals surface area contributed by atoms with Crippen LogP contribution in [0.5, 0.6) is 17.2 Å². The van der Waals surface area contributed by atoms with Crippen LogP contribution in [0.1, 0.15) is 31.4 Å². The Morgan fingerprint density at radius 2 is 1.84 bits per heavy atom. The molecule has 0 spiro atoms. The number of carbonyl (C=O) groups is 1. The van der Waals surface area contributed by atoms with Crippen molar-refractivity contribution in [2.45, 2.75) is 25.8 Å². The minimum absolute atomic E-state index is 0.00271. The predicted octanol–water partition coefficient (Wildman–Crippen LogP) is 3.49. The van der Waals surface area contributed by atoms with Crippen molar-refractivity contribution in [1.29, 1.82) is 0 Å². The molecule has 132 valence electrons. The van der Waals surface area contributed by atoms with Crippen LogP contribution in [-0.2, 0) is 4.79 Å². The number of para-hydroxylation sites is 1. The highest BCUT2D eigenvalue weighted by molar-refractivity contribution is 5.76. The Morgan fingerprint density at radius 1 is 1.12 bits per heavy atom. The van der Waals surface area contributed by atoms with E-state index < -0.39 is 0 Å². The Hall–Kier alpha value is -2.69. The lowest BCUT2D eigenvalue weighted by Crippen LogP contribution is -2.32. The predicted molar refractivity (Wildman–Crippen MR) is 95.2 cm³/mol. The number of ether oxygens (including phenoxy) is 3. The number of rotatable bonds is 7. The number of hydrogen-bond acceptors (Lipinski definition) is 4. The first kappa shape index (κ1) is 17.1. The maximum absolute atomic E-state index is 12.2. The lowest BCUT2D eigenvalue weighted by molar-refractivity contribution is -0.122. The third kappa shape index (κ3) is 4.66. The standard InChI is InChI=1S/C20H23NO4/c1-2-23-15-7-9-16(10-8-15)24-14-12-20(22)21-18-11-13-25-19-6-4-3-5-17(18)19/h3-10,18H,2,11-14H2,1H3,(H,21,22). The number of hydrogen-bond donors (Lipinski definition) is 1. The highest BCUT2D eigenvalue weighted by Crippen LogP contribution is 2.31. The summed E-state index contributed by atoms with van der Waals surface area (Å²) in [6.07, 6.45) is 1.09. The van der Waals surface area contributed by atoms with Crippen LogP contribution < -0.4 is 19.5 Å². The number of benzene rings is 2. The van der Waals surface area contributed by atoms with Gasteiger partial charge in [0, 0.05) is 12.0 Å². The normalized spacial score (nSPS) is 15.6. The minimum Gasteiger partial charge on any atom is -0.494 e. The van der Waals surface area contributed by atoms with Crippen molar-refractivity contribution in [3.63, 3.8) is 0 Å². The van der Waals surface area contributed by atoms with E-state index in [1.807, 2.05) is 55.5 Å². The molecule has 1 N–H and O–H groups in total. The van der Waals surface area contributed by atoms with E-state index >= 15 is 0 Å². The summed E-state index contributed by atoms with van der Waals surface area (Å²) in [5, 5.41) is 3.07. The van der Waals surface area contributed by atoms with Gasteiger partial charge in [-0.25, -0.2) is 0 Å². The largest absolute Gasteiger partial charge is 0.494 e.